The molecular weight excluding hydrogens is 338 g/mol. The molecule has 3 nitrogen and oxygen atoms in total. The highest BCUT2D eigenvalue weighted by Crippen LogP contribution is 2.21. The summed E-state index contributed by atoms with van der Waals surface area (Å²) in [7, 11) is 3.55. The van der Waals surface area contributed by atoms with Gasteiger partial charge in [-0.2, -0.15) is 0 Å². The average molecular weight is 354 g/mol. The van der Waals surface area contributed by atoms with E-state index in [1.165, 1.54) is 5.56 Å². The van der Waals surface area contributed by atoms with Crippen molar-refractivity contribution in [3.8, 4) is 5.75 Å². The highest BCUT2D eigenvalue weighted by molar-refractivity contribution is 9.11. The predicted molar refractivity (Wildman–Crippen MR) is 85.7 cm³/mol. The van der Waals surface area contributed by atoms with Gasteiger partial charge in [0.05, 0.1) is 17.4 Å². The van der Waals surface area contributed by atoms with E-state index in [1.54, 1.807) is 24.5 Å². The Balaban J connectivity index is 1.96. The molecule has 0 unspecified atom stereocenters. The number of hydrogen-bond acceptors (Lipinski definition) is 4. The van der Waals surface area contributed by atoms with Gasteiger partial charge in [0, 0.05) is 12.1 Å². The second-order valence-electron chi connectivity index (χ2n) is 4.59. The van der Waals surface area contributed by atoms with Crippen LogP contribution in [0.3, 0.4) is 0 Å². The fourth-order valence-corrected chi connectivity index (χ4v) is 3.13. The number of Topliss-reactive ketones (excluding diaryl/α,β-unsaturated/α-hetero) is 1. The lowest BCUT2D eigenvalue weighted by Crippen LogP contribution is -2.25. The second-order valence-corrected chi connectivity index (χ2v) is 6.88. The van der Waals surface area contributed by atoms with Gasteiger partial charge in [0.15, 0.2) is 5.78 Å². The Morgan fingerprint density at radius 3 is 2.85 bits per heavy atom. The number of hydrogen-bond donors (Lipinski definition) is 0. The van der Waals surface area contributed by atoms with E-state index < -0.39 is 0 Å². The van der Waals surface area contributed by atoms with Gasteiger partial charge >= 0.3 is 0 Å². The van der Waals surface area contributed by atoms with Crippen molar-refractivity contribution in [2.75, 3.05) is 20.7 Å². The van der Waals surface area contributed by atoms with Gasteiger partial charge in [0.25, 0.3) is 0 Å². The predicted octanol–water partition coefficient (Wildman–Crippen LogP) is 3.83. The van der Waals surface area contributed by atoms with Crippen LogP contribution in [0.25, 0.3) is 0 Å². The second kappa shape index (κ2) is 7.02. The molecule has 0 atom stereocenters. The summed E-state index contributed by atoms with van der Waals surface area (Å²) in [5.41, 5.74) is 1.89. The minimum absolute atomic E-state index is 0.0979. The number of nitrogens with zero attached hydrogens (tertiary/aromatic N) is 1. The van der Waals surface area contributed by atoms with Crippen molar-refractivity contribution >= 4 is 33.0 Å². The van der Waals surface area contributed by atoms with Gasteiger partial charge in [0.1, 0.15) is 5.75 Å². The minimum Gasteiger partial charge on any atom is -0.497 e. The molecule has 2 rings (SSSR count). The van der Waals surface area contributed by atoms with Crippen molar-refractivity contribution in [3.63, 3.8) is 0 Å². The zero-order chi connectivity index (χ0) is 14.5. The summed E-state index contributed by atoms with van der Waals surface area (Å²) in [6, 6.07) is 9.35. The average Bonchev–Trinajstić information content (AvgIpc) is 2.83. The van der Waals surface area contributed by atoms with E-state index in [0.29, 0.717) is 17.9 Å². The van der Waals surface area contributed by atoms with Crippen LogP contribution in [0.15, 0.2) is 39.5 Å². The highest BCUT2D eigenvalue weighted by Gasteiger charge is 2.11. The van der Waals surface area contributed by atoms with Crippen LogP contribution < -0.4 is 4.74 Å². The summed E-state index contributed by atoms with van der Waals surface area (Å²) in [6.45, 7) is 1.15. The molecule has 106 valence electrons. The molecule has 0 saturated heterocycles. The SMILES string of the molecule is COc1cccc(C(=O)CN(C)Cc2csc(Br)c2)c1. The van der Waals surface area contributed by atoms with Crippen molar-refractivity contribution in [2.24, 2.45) is 0 Å². The number of halogens is 1. The maximum Gasteiger partial charge on any atom is 0.176 e. The Morgan fingerprint density at radius 1 is 1.40 bits per heavy atom. The number of thiophene rings is 1. The van der Waals surface area contributed by atoms with Crippen LogP contribution in [0.1, 0.15) is 15.9 Å². The van der Waals surface area contributed by atoms with E-state index in [0.717, 1.165) is 10.3 Å². The summed E-state index contributed by atoms with van der Waals surface area (Å²) in [5.74, 6) is 0.806. The lowest BCUT2D eigenvalue weighted by Gasteiger charge is -2.15. The number of ether oxygens (including phenoxy) is 1. The van der Waals surface area contributed by atoms with E-state index in [-0.39, 0.29) is 5.78 Å². The zero-order valence-electron chi connectivity index (χ0n) is 11.4. The van der Waals surface area contributed by atoms with Crippen LogP contribution in [0.5, 0.6) is 5.75 Å². The summed E-state index contributed by atoms with van der Waals surface area (Å²) >= 11 is 5.10. The normalized spacial score (nSPS) is 10.8. The van der Waals surface area contributed by atoms with Gasteiger partial charge in [0.2, 0.25) is 0 Å². The van der Waals surface area contributed by atoms with Gasteiger partial charge in [-0.05, 0) is 52.1 Å². The summed E-state index contributed by atoms with van der Waals surface area (Å²) in [4.78, 5) is 14.2. The molecule has 2 aromatic rings. The third-order valence-electron chi connectivity index (χ3n) is 2.88. The first kappa shape index (κ1) is 15.2. The highest BCUT2D eigenvalue weighted by atomic mass is 79.9. The van der Waals surface area contributed by atoms with Gasteiger partial charge in [-0.1, -0.05) is 12.1 Å². The fraction of sp³-hybridized carbons (Fsp3) is 0.267. The number of ketones is 1. The Bertz CT molecular complexity index is 597. The molecule has 0 radical (unpaired) electrons. The third-order valence-corrected chi connectivity index (χ3v) is 4.43. The molecule has 0 amide bonds. The molecular formula is C15H16BrNO2S. The molecule has 1 aromatic heterocycles. The molecule has 0 aliphatic carbocycles. The van der Waals surface area contributed by atoms with E-state index >= 15 is 0 Å². The lowest BCUT2D eigenvalue weighted by molar-refractivity contribution is 0.0943. The number of rotatable bonds is 6. The Morgan fingerprint density at radius 2 is 2.20 bits per heavy atom. The van der Waals surface area contributed by atoms with Crippen LogP contribution in [-0.2, 0) is 6.54 Å². The topological polar surface area (TPSA) is 29.5 Å². The maximum atomic E-state index is 12.2. The Kier molecular flexibility index (Phi) is 5.34. The molecule has 5 heteroatoms. The van der Waals surface area contributed by atoms with Crippen LogP contribution in [0.4, 0.5) is 0 Å². The fourth-order valence-electron chi connectivity index (χ4n) is 1.93. The van der Waals surface area contributed by atoms with E-state index in [2.05, 4.69) is 27.4 Å². The first-order valence-corrected chi connectivity index (χ1v) is 7.84. The third kappa shape index (κ3) is 4.16. The molecule has 0 bridgehead atoms. The van der Waals surface area contributed by atoms with Crippen molar-refractivity contribution in [3.05, 3.63) is 50.6 Å². The number of methoxy groups -OCH3 is 1. The van der Waals surface area contributed by atoms with Crippen LogP contribution >= 0.6 is 27.3 Å². The largest absolute Gasteiger partial charge is 0.497 e. The monoisotopic (exact) mass is 353 g/mol. The van der Waals surface area contributed by atoms with Gasteiger partial charge in [-0.3, -0.25) is 9.69 Å². The van der Waals surface area contributed by atoms with Crippen molar-refractivity contribution in [1.29, 1.82) is 0 Å². The molecule has 0 aliphatic rings. The van der Waals surface area contributed by atoms with Crippen molar-refractivity contribution < 1.29 is 9.53 Å². The summed E-state index contributed by atoms with van der Waals surface area (Å²) in [5, 5.41) is 2.09. The molecule has 0 fully saturated rings. The summed E-state index contributed by atoms with van der Waals surface area (Å²) in [6.07, 6.45) is 0. The van der Waals surface area contributed by atoms with Gasteiger partial charge < -0.3 is 4.74 Å². The minimum atomic E-state index is 0.0979. The molecule has 0 aliphatic heterocycles. The van der Waals surface area contributed by atoms with E-state index in [4.69, 9.17) is 4.74 Å². The Labute approximate surface area is 131 Å². The molecule has 0 N–H and O–H groups in total. The van der Waals surface area contributed by atoms with E-state index in [1.807, 2.05) is 30.1 Å². The van der Waals surface area contributed by atoms with Gasteiger partial charge in [-0.15, -0.1) is 11.3 Å². The lowest BCUT2D eigenvalue weighted by atomic mass is 10.1. The number of likely N-dealkylation sites (N-methyl/N-ethyl adjacent to an activating group) is 1. The first-order chi connectivity index (χ1) is 9.58. The van der Waals surface area contributed by atoms with Crippen LogP contribution in [0, 0.1) is 0 Å². The van der Waals surface area contributed by atoms with Gasteiger partial charge in [-0.25, -0.2) is 0 Å². The molecule has 20 heavy (non-hydrogen) atoms. The maximum absolute atomic E-state index is 12.2. The zero-order valence-corrected chi connectivity index (χ0v) is 13.8. The Hall–Kier alpha value is -1.17. The quantitative estimate of drug-likeness (QED) is 0.739. The number of benzene rings is 1. The van der Waals surface area contributed by atoms with Crippen LogP contribution in [-0.4, -0.2) is 31.4 Å². The molecule has 0 saturated carbocycles. The smallest absolute Gasteiger partial charge is 0.176 e. The van der Waals surface area contributed by atoms with E-state index in [9.17, 15) is 4.79 Å². The first-order valence-electron chi connectivity index (χ1n) is 6.17. The summed E-state index contributed by atoms with van der Waals surface area (Å²) < 4.78 is 6.25. The number of carbonyl (C=O) groups is 1. The molecule has 1 heterocycles. The standard InChI is InChI=1S/C15H16BrNO2S/c1-17(8-11-6-15(16)20-10-11)9-14(18)12-4-3-5-13(7-12)19-2/h3-7,10H,8-9H2,1-2H3. The van der Waals surface area contributed by atoms with Crippen molar-refractivity contribution in [2.45, 2.75) is 6.54 Å². The van der Waals surface area contributed by atoms with Crippen LogP contribution in [0.2, 0.25) is 0 Å². The molecule has 1 aromatic carbocycles. The van der Waals surface area contributed by atoms with Crippen molar-refractivity contribution in [1.82, 2.24) is 4.90 Å². The molecule has 0 spiro atoms. The number of carbonyl (C=O) groups excluding carboxylic acids is 1.